The molecule has 5 heterocycles. The van der Waals surface area contributed by atoms with Crippen LogP contribution in [0.15, 0.2) is 0 Å². The number of carbonyl (C=O) groups excluding carboxylic acids is 2. The van der Waals surface area contributed by atoms with E-state index in [4.69, 9.17) is 0 Å². The van der Waals surface area contributed by atoms with Crippen LogP contribution < -0.4 is 0 Å². The highest BCUT2D eigenvalue weighted by Gasteiger charge is 2.52. The zero-order valence-electron chi connectivity index (χ0n) is 16.7. The van der Waals surface area contributed by atoms with Crippen LogP contribution >= 0.6 is 11.8 Å². The molecule has 4 aliphatic rings. The number of aromatic nitrogens is 4. The van der Waals surface area contributed by atoms with E-state index in [0.29, 0.717) is 12.3 Å². The summed E-state index contributed by atoms with van der Waals surface area (Å²) in [6, 6.07) is -0.0614. The Morgan fingerprint density at radius 2 is 2.03 bits per heavy atom. The van der Waals surface area contributed by atoms with Gasteiger partial charge in [-0.05, 0) is 25.2 Å². The van der Waals surface area contributed by atoms with Crippen LogP contribution in [0.3, 0.4) is 0 Å². The molecular weight excluding hydrogens is 390 g/mol. The molecular formula is C19H29N7O2S. The second-order valence-electron chi connectivity index (χ2n) is 8.74. The largest absolute Gasteiger partial charge is 0.339 e. The Kier molecular flexibility index (Phi) is 5.47. The van der Waals surface area contributed by atoms with E-state index in [0.717, 1.165) is 75.7 Å². The number of nitrogens with zero attached hydrogens (tertiary/aromatic N) is 6. The van der Waals surface area contributed by atoms with E-state index in [1.807, 2.05) is 21.6 Å². The van der Waals surface area contributed by atoms with Gasteiger partial charge < -0.3 is 14.7 Å². The topological polar surface area (TPSA) is 98.3 Å². The molecule has 4 saturated heterocycles. The molecule has 0 unspecified atom stereocenters. The van der Waals surface area contributed by atoms with Crippen LogP contribution in [0.2, 0.25) is 0 Å². The smallest absolute Gasteiger partial charge is 0.245 e. The molecule has 0 radical (unpaired) electrons. The van der Waals surface area contributed by atoms with E-state index in [2.05, 4.69) is 25.5 Å². The monoisotopic (exact) mass is 419 g/mol. The third-order valence-corrected chi connectivity index (χ3v) is 7.98. The van der Waals surface area contributed by atoms with E-state index in [9.17, 15) is 9.59 Å². The first-order valence-electron chi connectivity index (χ1n) is 10.8. The fraction of sp³-hybridized carbons (Fsp3) is 0.842. The number of likely N-dealkylation sites (tertiary alicyclic amines) is 1. The summed E-state index contributed by atoms with van der Waals surface area (Å²) in [6.45, 7) is 4.34. The molecule has 2 amide bonds. The molecule has 29 heavy (non-hydrogen) atoms. The number of tetrazole rings is 1. The molecule has 10 heteroatoms. The Balaban J connectivity index is 1.36. The van der Waals surface area contributed by atoms with Crippen LogP contribution in [0.25, 0.3) is 0 Å². The van der Waals surface area contributed by atoms with Gasteiger partial charge in [-0.25, -0.2) is 0 Å². The quantitative estimate of drug-likeness (QED) is 0.735. The molecule has 1 aromatic rings. The summed E-state index contributed by atoms with van der Waals surface area (Å²) in [6.07, 6.45) is 4.39. The minimum absolute atomic E-state index is 0.189. The molecule has 1 aromatic heterocycles. The Morgan fingerprint density at radius 1 is 1.21 bits per heavy atom. The maximum atomic E-state index is 13.6. The normalized spacial score (nSPS) is 32.9. The summed E-state index contributed by atoms with van der Waals surface area (Å²) in [7, 11) is 0. The third kappa shape index (κ3) is 3.76. The van der Waals surface area contributed by atoms with Gasteiger partial charge in [-0.2, -0.15) is 17.0 Å². The number of thioether (sulfide) groups is 1. The Labute approximate surface area is 174 Å². The lowest BCUT2D eigenvalue weighted by Gasteiger charge is -2.56. The Bertz CT molecular complexity index is 739. The number of carbonyl (C=O) groups is 2. The molecule has 1 N–H and O–H groups in total. The van der Waals surface area contributed by atoms with Crippen molar-refractivity contribution in [2.75, 3.05) is 44.2 Å². The number of amides is 2. The summed E-state index contributed by atoms with van der Waals surface area (Å²) in [4.78, 5) is 33.0. The zero-order valence-corrected chi connectivity index (χ0v) is 17.5. The number of aromatic amines is 1. The molecule has 4 aliphatic heterocycles. The highest BCUT2D eigenvalue weighted by Crippen LogP contribution is 2.42. The first-order valence-corrected chi connectivity index (χ1v) is 12.0. The lowest BCUT2D eigenvalue weighted by Crippen LogP contribution is -2.69. The van der Waals surface area contributed by atoms with Gasteiger partial charge in [0.15, 0.2) is 5.82 Å². The predicted molar refractivity (Wildman–Crippen MR) is 108 cm³/mol. The highest BCUT2D eigenvalue weighted by atomic mass is 32.2. The summed E-state index contributed by atoms with van der Waals surface area (Å²) in [5.41, 5.74) is 0. The van der Waals surface area contributed by atoms with Gasteiger partial charge in [0.2, 0.25) is 11.8 Å². The Hall–Kier alpha value is -1.68. The van der Waals surface area contributed by atoms with Crippen molar-refractivity contribution in [1.82, 2.24) is 35.3 Å². The Morgan fingerprint density at radius 3 is 2.83 bits per heavy atom. The average molecular weight is 420 g/mol. The van der Waals surface area contributed by atoms with E-state index in [1.165, 1.54) is 0 Å². The fourth-order valence-electron chi connectivity index (χ4n) is 5.77. The van der Waals surface area contributed by atoms with E-state index >= 15 is 0 Å². The van der Waals surface area contributed by atoms with Gasteiger partial charge in [0, 0.05) is 69.0 Å². The first-order chi connectivity index (χ1) is 14.2. The van der Waals surface area contributed by atoms with Gasteiger partial charge in [-0.1, -0.05) is 5.21 Å². The summed E-state index contributed by atoms with van der Waals surface area (Å²) in [5, 5.41) is 14.3. The van der Waals surface area contributed by atoms with Crippen molar-refractivity contribution in [1.29, 1.82) is 0 Å². The maximum absolute atomic E-state index is 13.6. The van der Waals surface area contributed by atoms with Gasteiger partial charge in [0.1, 0.15) is 6.04 Å². The van der Waals surface area contributed by atoms with Crippen molar-refractivity contribution < 1.29 is 9.59 Å². The summed E-state index contributed by atoms with van der Waals surface area (Å²) >= 11 is 1.91. The van der Waals surface area contributed by atoms with Crippen LogP contribution in [0, 0.1) is 11.8 Å². The molecule has 0 aromatic carbocycles. The number of nitrogens with one attached hydrogen (secondary N) is 1. The lowest BCUT2D eigenvalue weighted by atomic mass is 9.71. The van der Waals surface area contributed by atoms with Crippen molar-refractivity contribution in [3.8, 4) is 0 Å². The van der Waals surface area contributed by atoms with Crippen molar-refractivity contribution in [2.24, 2.45) is 11.8 Å². The fourth-order valence-corrected chi connectivity index (χ4v) is 6.67. The zero-order chi connectivity index (χ0) is 19.8. The van der Waals surface area contributed by atoms with Crippen LogP contribution in [0.1, 0.15) is 31.5 Å². The number of hydrogen-bond donors (Lipinski definition) is 1. The van der Waals surface area contributed by atoms with Crippen LogP contribution in [-0.4, -0.2) is 103 Å². The van der Waals surface area contributed by atoms with Crippen LogP contribution in [0.4, 0.5) is 0 Å². The van der Waals surface area contributed by atoms with E-state index in [1.54, 1.807) is 0 Å². The molecule has 5 rings (SSSR count). The lowest BCUT2D eigenvalue weighted by molar-refractivity contribution is -0.165. The van der Waals surface area contributed by atoms with Gasteiger partial charge in [0.25, 0.3) is 0 Å². The van der Waals surface area contributed by atoms with E-state index < -0.39 is 0 Å². The summed E-state index contributed by atoms with van der Waals surface area (Å²) in [5.74, 6) is 3.80. The molecule has 2 bridgehead atoms. The SMILES string of the molecule is O=C([C@H]1[C@@H]2C[C@@H](CN(CCc3nn[nH]n3)C2)[C@@H]2CCCC(=O)N21)N1CCSCC1. The van der Waals surface area contributed by atoms with E-state index in [-0.39, 0.29) is 29.8 Å². The molecule has 0 spiro atoms. The molecule has 0 saturated carbocycles. The molecule has 0 aliphatic carbocycles. The van der Waals surface area contributed by atoms with Gasteiger partial charge in [0.05, 0.1) is 0 Å². The second kappa shape index (κ2) is 8.22. The molecule has 9 nitrogen and oxygen atoms in total. The van der Waals surface area contributed by atoms with Gasteiger partial charge in [-0.3, -0.25) is 9.59 Å². The van der Waals surface area contributed by atoms with Gasteiger partial charge >= 0.3 is 0 Å². The number of hydrogen-bond acceptors (Lipinski definition) is 7. The first kappa shape index (κ1) is 19.3. The third-order valence-electron chi connectivity index (χ3n) is 7.03. The number of H-pyrrole nitrogens is 1. The summed E-state index contributed by atoms with van der Waals surface area (Å²) < 4.78 is 0. The predicted octanol–water partition coefficient (Wildman–Crippen LogP) is 0.0190. The standard InChI is InChI=1S/C19H29N7O2S/c27-17-3-1-2-15-13-10-14(12-24(11-13)5-4-16-20-22-23-21-16)18(26(15)17)19(28)25-6-8-29-9-7-25/h13-15,18H,1-12H2,(H,20,21,22,23)/t13-,14+,15-,18+/m0/s1. The van der Waals surface area contributed by atoms with Crippen LogP contribution in [-0.2, 0) is 16.0 Å². The number of fused-ring (bicyclic) bond motifs is 4. The number of piperidine rings is 3. The second-order valence-corrected chi connectivity index (χ2v) is 9.96. The van der Waals surface area contributed by atoms with Crippen molar-refractivity contribution >= 4 is 23.6 Å². The number of rotatable bonds is 4. The van der Waals surface area contributed by atoms with Crippen molar-refractivity contribution in [3.05, 3.63) is 5.82 Å². The minimum Gasteiger partial charge on any atom is -0.339 e. The molecule has 4 fully saturated rings. The molecule has 4 atom stereocenters. The molecule has 158 valence electrons. The minimum atomic E-state index is -0.278. The van der Waals surface area contributed by atoms with Crippen molar-refractivity contribution in [3.63, 3.8) is 0 Å². The maximum Gasteiger partial charge on any atom is 0.245 e. The van der Waals surface area contributed by atoms with Crippen molar-refractivity contribution in [2.45, 2.75) is 44.2 Å². The average Bonchev–Trinajstić information content (AvgIpc) is 3.27. The van der Waals surface area contributed by atoms with Crippen LogP contribution in [0.5, 0.6) is 0 Å². The van der Waals surface area contributed by atoms with Gasteiger partial charge in [-0.15, -0.1) is 10.2 Å². The highest BCUT2D eigenvalue weighted by molar-refractivity contribution is 7.99.